The monoisotopic (exact) mass is 352 g/mol. The van der Waals surface area contributed by atoms with Crippen LogP contribution in [0.1, 0.15) is 27.0 Å². The number of aromatic hydroxyl groups is 1. The van der Waals surface area contributed by atoms with Crippen molar-refractivity contribution < 1.29 is 18.6 Å². The average Bonchev–Trinajstić information content (AvgIpc) is 2.98. The highest BCUT2D eigenvalue weighted by Crippen LogP contribution is 2.39. The van der Waals surface area contributed by atoms with E-state index >= 15 is 0 Å². The Bertz CT molecular complexity index is 1010. The molecular weight excluding hydrogens is 340 g/mol. The Morgan fingerprint density at radius 1 is 1.00 bits per heavy atom. The molecule has 0 saturated carbocycles. The van der Waals surface area contributed by atoms with Gasteiger partial charge in [-0.25, -0.2) is 0 Å². The van der Waals surface area contributed by atoms with E-state index in [2.05, 4.69) is 4.98 Å². The van der Waals surface area contributed by atoms with E-state index in [4.69, 9.17) is 14.1 Å². The molecule has 2 aromatic carbocycles. The number of nitrogens with one attached hydrogen (secondary N) is 2. The maximum Gasteiger partial charge on any atom is 0.222 e. The topological polar surface area (TPSA) is 106 Å². The molecule has 124 valence electrons. The van der Waals surface area contributed by atoms with Gasteiger partial charge in [0.1, 0.15) is 5.75 Å². The van der Waals surface area contributed by atoms with Crippen molar-refractivity contribution in [1.82, 2.24) is 4.98 Å². The number of ketones is 1. The summed E-state index contributed by atoms with van der Waals surface area (Å²) in [5.41, 5.74) is 2.66. The fourth-order valence-electron chi connectivity index (χ4n) is 3.06. The molecule has 6 nitrogen and oxygen atoms in total. The summed E-state index contributed by atoms with van der Waals surface area (Å²) in [5.74, 6) is 0.00814. The first-order valence-electron chi connectivity index (χ1n) is 7.38. The fraction of sp³-hybridized carbons (Fsp3) is 0. The van der Waals surface area contributed by atoms with Gasteiger partial charge in [-0.15, -0.1) is 0 Å². The highest BCUT2D eigenvalue weighted by Gasteiger charge is 2.34. The molecule has 0 fully saturated rings. The maximum absolute atomic E-state index is 12.9. The molecule has 0 atom stereocenters. The molecule has 7 heteroatoms. The molecule has 0 amide bonds. The van der Waals surface area contributed by atoms with Gasteiger partial charge in [0, 0.05) is 11.1 Å². The summed E-state index contributed by atoms with van der Waals surface area (Å²) in [6, 6.07) is 13.6. The lowest BCUT2D eigenvalue weighted by atomic mass is 9.84. The van der Waals surface area contributed by atoms with Crippen molar-refractivity contribution in [2.45, 2.75) is 0 Å². The Balaban J connectivity index is 1.88. The van der Waals surface area contributed by atoms with Crippen molar-refractivity contribution in [2.24, 2.45) is 0 Å². The Morgan fingerprint density at radius 2 is 1.68 bits per heavy atom. The lowest BCUT2D eigenvalue weighted by molar-refractivity contribution is 0.103. The second-order valence-electron chi connectivity index (χ2n) is 5.53. The van der Waals surface area contributed by atoms with Crippen molar-refractivity contribution in [3.8, 4) is 22.9 Å². The Morgan fingerprint density at radius 3 is 2.36 bits per heavy atom. The Labute approximate surface area is 147 Å². The number of hydrogen-bond donors (Lipinski definition) is 4. The van der Waals surface area contributed by atoms with Crippen molar-refractivity contribution in [1.29, 1.82) is 5.41 Å². The molecule has 4 rings (SSSR count). The van der Waals surface area contributed by atoms with E-state index in [1.54, 1.807) is 48.5 Å². The molecular formula is C18H12N2O4S. The van der Waals surface area contributed by atoms with Crippen LogP contribution in [0.2, 0.25) is 0 Å². The van der Waals surface area contributed by atoms with Gasteiger partial charge in [0.05, 0.1) is 22.5 Å². The number of rotatable bonds is 3. The van der Waals surface area contributed by atoms with E-state index in [0.717, 1.165) is 0 Å². The van der Waals surface area contributed by atoms with Crippen molar-refractivity contribution in [3.63, 3.8) is 0 Å². The van der Waals surface area contributed by atoms with Gasteiger partial charge >= 0.3 is 0 Å². The summed E-state index contributed by atoms with van der Waals surface area (Å²) in [6.07, 6.45) is 0. The minimum absolute atomic E-state index is 0.113. The van der Waals surface area contributed by atoms with Crippen LogP contribution in [-0.4, -0.2) is 26.1 Å². The third-order valence-corrected chi connectivity index (χ3v) is 4.44. The van der Waals surface area contributed by atoms with E-state index in [9.17, 15) is 9.90 Å². The zero-order valence-electron chi connectivity index (χ0n) is 12.7. The standard InChI is InChI=1S/C18H12N2O4S/c19-15-11-3-1-2-4-12(11)17(21)14-13(15)18(22)20-16(14)9-5-7-10(8-6-9)24-25-23/h1-8,19-20,22-23H. The largest absolute Gasteiger partial charge is 0.494 e. The summed E-state index contributed by atoms with van der Waals surface area (Å²) < 4.78 is 13.6. The van der Waals surface area contributed by atoms with Crippen LogP contribution in [0.3, 0.4) is 0 Å². The molecule has 4 N–H and O–H groups in total. The van der Waals surface area contributed by atoms with Crippen molar-refractivity contribution in [3.05, 3.63) is 70.8 Å². The minimum atomic E-state index is -0.237. The minimum Gasteiger partial charge on any atom is -0.494 e. The summed E-state index contributed by atoms with van der Waals surface area (Å²) in [4.78, 5) is 15.8. The van der Waals surface area contributed by atoms with E-state index in [0.29, 0.717) is 28.1 Å². The highest BCUT2D eigenvalue weighted by atomic mass is 32.2. The van der Waals surface area contributed by atoms with E-state index in [1.165, 1.54) is 0 Å². The Kier molecular flexibility index (Phi) is 3.60. The second-order valence-corrected chi connectivity index (χ2v) is 5.85. The first kappa shape index (κ1) is 15.5. The van der Waals surface area contributed by atoms with Crippen LogP contribution < -0.4 is 4.18 Å². The van der Waals surface area contributed by atoms with Crippen LogP contribution in [0.4, 0.5) is 0 Å². The molecule has 0 spiro atoms. The summed E-state index contributed by atoms with van der Waals surface area (Å²) in [5, 5.41) is 18.6. The van der Waals surface area contributed by atoms with E-state index in [1.807, 2.05) is 0 Å². The van der Waals surface area contributed by atoms with Crippen LogP contribution in [0.5, 0.6) is 11.6 Å². The van der Waals surface area contributed by atoms with Crippen LogP contribution in [0, 0.1) is 5.41 Å². The van der Waals surface area contributed by atoms with Crippen molar-refractivity contribution >= 4 is 23.8 Å². The molecule has 0 bridgehead atoms. The molecule has 25 heavy (non-hydrogen) atoms. The van der Waals surface area contributed by atoms with Gasteiger partial charge < -0.3 is 14.3 Å². The molecule has 3 aromatic rings. The Hall–Kier alpha value is -3.03. The summed E-state index contributed by atoms with van der Waals surface area (Å²) in [7, 11) is 0. The molecule has 1 heterocycles. The quantitative estimate of drug-likeness (QED) is 0.419. The van der Waals surface area contributed by atoms with E-state index in [-0.39, 0.29) is 40.8 Å². The number of carbonyl (C=O) groups excluding carboxylic acids is 1. The molecule has 0 aliphatic heterocycles. The van der Waals surface area contributed by atoms with Gasteiger partial charge in [-0.2, -0.15) is 0 Å². The lowest BCUT2D eigenvalue weighted by Gasteiger charge is -2.17. The number of benzene rings is 2. The summed E-state index contributed by atoms with van der Waals surface area (Å²) >= 11 is 0.246. The van der Waals surface area contributed by atoms with Gasteiger partial charge in [0.25, 0.3) is 0 Å². The highest BCUT2D eigenvalue weighted by molar-refractivity contribution is 7.89. The molecule has 0 unspecified atom stereocenters. The third-order valence-electron chi connectivity index (χ3n) is 4.17. The number of hydrogen-bond acceptors (Lipinski definition) is 6. The predicted molar refractivity (Wildman–Crippen MR) is 94.5 cm³/mol. The molecule has 1 aliphatic carbocycles. The number of aromatic nitrogens is 1. The zero-order valence-corrected chi connectivity index (χ0v) is 13.6. The summed E-state index contributed by atoms with van der Waals surface area (Å²) in [6.45, 7) is 0. The third kappa shape index (κ3) is 2.33. The number of H-pyrrole nitrogens is 1. The van der Waals surface area contributed by atoms with Crippen LogP contribution >= 0.6 is 12.3 Å². The smallest absolute Gasteiger partial charge is 0.222 e. The van der Waals surface area contributed by atoms with E-state index < -0.39 is 0 Å². The van der Waals surface area contributed by atoms with Gasteiger partial charge in [-0.05, 0) is 29.8 Å². The van der Waals surface area contributed by atoms with Crippen LogP contribution in [0.15, 0.2) is 48.5 Å². The fourth-order valence-corrected chi connectivity index (χ4v) is 3.26. The van der Waals surface area contributed by atoms with Gasteiger partial charge in [-0.3, -0.25) is 14.8 Å². The van der Waals surface area contributed by atoms with Crippen molar-refractivity contribution in [2.75, 3.05) is 0 Å². The van der Waals surface area contributed by atoms with Gasteiger partial charge in [-0.1, -0.05) is 24.3 Å². The molecule has 0 radical (unpaired) electrons. The second kappa shape index (κ2) is 5.80. The zero-order chi connectivity index (χ0) is 17.6. The molecule has 1 aromatic heterocycles. The normalized spacial score (nSPS) is 12.7. The first-order valence-corrected chi connectivity index (χ1v) is 8.08. The maximum atomic E-state index is 12.9. The number of fused-ring (bicyclic) bond motifs is 2. The number of carbonyl (C=O) groups is 1. The van der Waals surface area contributed by atoms with Gasteiger partial charge in [0.15, 0.2) is 11.7 Å². The SMILES string of the molecule is N=C1c2ccccc2C(=O)c2c(-c3ccc(OSO)cc3)[nH]c(O)c21. The lowest BCUT2D eigenvalue weighted by Crippen LogP contribution is -2.19. The first-order chi connectivity index (χ1) is 12.1. The van der Waals surface area contributed by atoms with Crippen LogP contribution in [-0.2, 0) is 0 Å². The number of aromatic amines is 1. The molecule has 0 saturated heterocycles. The van der Waals surface area contributed by atoms with Gasteiger partial charge in [0.2, 0.25) is 12.3 Å². The van der Waals surface area contributed by atoms with Crippen LogP contribution in [0.25, 0.3) is 11.3 Å². The average molecular weight is 352 g/mol. The predicted octanol–water partition coefficient (Wildman–Crippen LogP) is 3.85. The molecule has 1 aliphatic rings.